The van der Waals surface area contributed by atoms with Gasteiger partial charge in [0.25, 0.3) is 0 Å². The molecule has 3 aliphatic rings. The number of anilines is 1. The van der Waals surface area contributed by atoms with Crippen LogP contribution in [0.25, 0.3) is 17.1 Å². The molecule has 0 amide bonds. The van der Waals surface area contributed by atoms with Gasteiger partial charge in [0.2, 0.25) is 11.8 Å². The van der Waals surface area contributed by atoms with E-state index in [-0.39, 0.29) is 11.0 Å². The zero-order valence-electron chi connectivity index (χ0n) is 17.9. The van der Waals surface area contributed by atoms with E-state index in [9.17, 15) is 5.26 Å². The number of nitrogens with one attached hydrogen (secondary N) is 1. The molecule has 6 rings (SSSR count). The van der Waals surface area contributed by atoms with Gasteiger partial charge in [-0.3, -0.25) is 4.68 Å². The summed E-state index contributed by atoms with van der Waals surface area (Å²) in [6.07, 6.45) is 5.59. The van der Waals surface area contributed by atoms with Gasteiger partial charge in [0, 0.05) is 18.7 Å². The molecule has 160 valence electrons. The molecule has 3 saturated carbocycles. The summed E-state index contributed by atoms with van der Waals surface area (Å²) < 4.78 is 7.84. The zero-order chi connectivity index (χ0) is 22.7. The van der Waals surface area contributed by atoms with Crippen LogP contribution in [0.4, 0.5) is 5.95 Å². The molecule has 0 atom stereocenters. The van der Waals surface area contributed by atoms with Crippen LogP contribution in [0.15, 0.2) is 18.2 Å². The van der Waals surface area contributed by atoms with E-state index in [1.165, 1.54) is 6.08 Å². The predicted molar refractivity (Wildman–Crippen MR) is 120 cm³/mol. The van der Waals surface area contributed by atoms with Crippen LogP contribution in [-0.2, 0) is 7.05 Å². The molecule has 1 N–H and O–H groups in total. The highest BCUT2D eigenvalue weighted by Crippen LogP contribution is 2.67. The van der Waals surface area contributed by atoms with Gasteiger partial charge in [-0.05, 0) is 68.0 Å². The molecule has 2 aromatic heterocycles. The second kappa shape index (κ2) is 6.94. The Balaban J connectivity index is 1.53. The molecule has 0 radical (unpaired) electrons. The number of nitriles is 2. The molecule has 3 aromatic rings. The summed E-state index contributed by atoms with van der Waals surface area (Å²) in [7, 11) is 1.74. The smallest absolute Gasteiger partial charge is 0.236 e. The largest absolute Gasteiger partial charge is 0.437 e. The number of aryl methyl sites for hydroxylation is 3. The quantitative estimate of drug-likeness (QED) is 0.560. The maximum absolute atomic E-state index is 9.29. The maximum Gasteiger partial charge on any atom is 0.236 e. The minimum atomic E-state index is -0.180. The van der Waals surface area contributed by atoms with Gasteiger partial charge < -0.3 is 10.1 Å². The summed E-state index contributed by atoms with van der Waals surface area (Å²) in [6.45, 7) is 3.88. The second-order valence-electron chi connectivity index (χ2n) is 8.84. The third-order valence-corrected chi connectivity index (χ3v) is 6.70. The topological polar surface area (TPSA) is 112 Å². The number of rotatable bonds is 5. The molecule has 3 aliphatic carbocycles. The van der Waals surface area contributed by atoms with Crippen LogP contribution in [-0.4, -0.2) is 25.3 Å². The minimum Gasteiger partial charge on any atom is -0.437 e. The van der Waals surface area contributed by atoms with Crippen LogP contribution in [0.3, 0.4) is 0 Å². The summed E-state index contributed by atoms with van der Waals surface area (Å²) in [5, 5.41) is 26.8. The number of nitrogens with zero attached hydrogens (tertiary/aromatic N) is 6. The van der Waals surface area contributed by atoms with Gasteiger partial charge in [0.15, 0.2) is 5.65 Å². The number of benzene rings is 1. The van der Waals surface area contributed by atoms with Crippen LogP contribution < -0.4 is 10.1 Å². The van der Waals surface area contributed by atoms with Crippen molar-refractivity contribution in [2.75, 3.05) is 5.32 Å². The Kier molecular flexibility index (Phi) is 4.40. The van der Waals surface area contributed by atoms with Crippen molar-refractivity contribution in [3.63, 3.8) is 0 Å². The molecule has 9 heteroatoms. The van der Waals surface area contributed by atoms with Crippen LogP contribution in [0.2, 0.25) is 5.15 Å². The lowest BCUT2D eigenvalue weighted by Crippen LogP contribution is -2.70. The van der Waals surface area contributed by atoms with Gasteiger partial charge in [-0.25, -0.2) is 0 Å². The van der Waals surface area contributed by atoms with E-state index in [0.717, 1.165) is 36.0 Å². The van der Waals surface area contributed by atoms with Crippen molar-refractivity contribution < 1.29 is 4.74 Å². The lowest BCUT2D eigenvalue weighted by atomic mass is 9.40. The summed E-state index contributed by atoms with van der Waals surface area (Å²) >= 11 is 6.49. The Morgan fingerprint density at radius 3 is 2.50 bits per heavy atom. The van der Waals surface area contributed by atoms with Gasteiger partial charge in [-0.2, -0.15) is 25.6 Å². The first-order chi connectivity index (χ1) is 15.3. The number of ether oxygens (including phenoxy) is 1. The van der Waals surface area contributed by atoms with Crippen LogP contribution in [0.5, 0.6) is 11.6 Å². The van der Waals surface area contributed by atoms with Crippen molar-refractivity contribution in [1.29, 1.82) is 10.5 Å². The first-order valence-electron chi connectivity index (χ1n) is 10.2. The monoisotopic (exact) mass is 445 g/mol. The maximum atomic E-state index is 9.29. The van der Waals surface area contributed by atoms with E-state index in [1.807, 2.05) is 32.0 Å². The lowest BCUT2D eigenvalue weighted by Gasteiger charge is -2.66. The van der Waals surface area contributed by atoms with Crippen molar-refractivity contribution >= 4 is 34.7 Å². The zero-order valence-corrected chi connectivity index (χ0v) is 18.7. The van der Waals surface area contributed by atoms with E-state index in [1.54, 1.807) is 17.8 Å². The van der Waals surface area contributed by atoms with Crippen molar-refractivity contribution in [1.82, 2.24) is 19.7 Å². The number of hydrogen-bond acceptors (Lipinski definition) is 7. The van der Waals surface area contributed by atoms with E-state index in [4.69, 9.17) is 21.6 Å². The molecule has 1 aromatic carbocycles. The van der Waals surface area contributed by atoms with Crippen LogP contribution in [0.1, 0.15) is 36.0 Å². The fourth-order valence-corrected chi connectivity index (χ4v) is 5.11. The molecule has 2 heterocycles. The third kappa shape index (κ3) is 3.07. The van der Waals surface area contributed by atoms with E-state index >= 15 is 0 Å². The number of halogens is 1. The molecule has 2 bridgehead atoms. The molecule has 0 aliphatic heterocycles. The summed E-state index contributed by atoms with van der Waals surface area (Å²) in [5.74, 6) is 1.40. The molecule has 8 nitrogen and oxygen atoms in total. The number of aromatic nitrogens is 4. The van der Waals surface area contributed by atoms with E-state index < -0.39 is 0 Å². The van der Waals surface area contributed by atoms with Gasteiger partial charge in [-0.1, -0.05) is 11.6 Å². The van der Waals surface area contributed by atoms with Crippen molar-refractivity contribution in [2.45, 2.75) is 38.6 Å². The summed E-state index contributed by atoms with van der Waals surface area (Å²) in [4.78, 5) is 9.19. The van der Waals surface area contributed by atoms with Crippen LogP contribution >= 0.6 is 11.6 Å². The fraction of sp³-hybridized carbons (Fsp3) is 0.348. The highest BCUT2D eigenvalue weighted by molar-refractivity contribution is 6.34. The van der Waals surface area contributed by atoms with Gasteiger partial charge in [-0.15, -0.1) is 0 Å². The lowest BCUT2D eigenvalue weighted by molar-refractivity contribution is -0.0665. The van der Waals surface area contributed by atoms with Gasteiger partial charge in [0.05, 0.1) is 17.6 Å². The predicted octanol–water partition coefficient (Wildman–Crippen LogP) is 4.82. The minimum absolute atomic E-state index is 0.125. The number of fused-ring (bicyclic) bond motifs is 1. The van der Waals surface area contributed by atoms with Gasteiger partial charge in [0.1, 0.15) is 16.3 Å². The number of hydrogen-bond donors (Lipinski definition) is 1. The van der Waals surface area contributed by atoms with Crippen LogP contribution in [0, 0.1) is 41.9 Å². The van der Waals surface area contributed by atoms with Crippen molar-refractivity contribution in [2.24, 2.45) is 12.5 Å². The Hall–Kier alpha value is -3.62. The van der Waals surface area contributed by atoms with Crippen molar-refractivity contribution in [3.8, 4) is 23.8 Å². The third-order valence-electron chi connectivity index (χ3n) is 6.27. The number of allylic oxidation sites excluding steroid dienone is 1. The molecular formula is C23H20ClN7O. The Morgan fingerprint density at radius 2 is 1.88 bits per heavy atom. The van der Waals surface area contributed by atoms with E-state index in [2.05, 4.69) is 26.5 Å². The second-order valence-corrected chi connectivity index (χ2v) is 9.20. The highest BCUT2D eigenvalue weighted by Gasteiger charge is 2.69. The summed E-state index contributed by atoms with van der Waals surface area (Å²) in [5.41, 5.74) is 2.85. The normalized spacial score (nSPS) is 23.3. The average molecular weight is 446 g/mol. The highest BCUT2D eigenvalue weighted by atomic mass is 35.5. The van der Waals surface area contributed by atoms with Crippen molar-refractivity contribution in [3.05, 3.63) is 40.1 Å². The molecule has 3 fully saturated rings. The fourth-order valence-electron chi connectivity index (χ4n) is 4.91. The Labute approximate surface area is 190 Å². The SMILES string of the molecule is Cc1cc(/C=C/C#N)cc(C)c1Oc1nc(NC23CC(C#N)(C2)C3)nc2nn(C)c(Cl)c12. The molecule has 32 heavy (non-hydrogen) atoms. The average Bonchev–Trinajstić information content (AvgIpc) is 2.98. The molecule has 0 saturated heterocycles. The summed E-state index contributed by atoms with van der Waals surface area (Å²) in [6, 6.07) is 8.30. The van der Waals surface area contributed by atoms with Gasteiger partial charge >= 0.3 is 0 Å². The Morgan fingerprint density at radius 1 is 1.19 bits per heavy atom. The standard InChI is InChI=1S/C23H20ClN7O/c1-13-7-15(5-4-6-25)8-14(2)17(13)32-20-16-18(24)31(3)30-19(16)27-21(28-20)29-23-9-22(10-23,11-23)12-26/h4-5,7-8H,9-11H2,1-3H3,(H,27,29,30)/b5-4+. The first kappa shape index (κ1) is 20.3. The van der Waals surface area contributed by atoms with E-state index in [0.29, 0.717) is 33.8 Å². The molecular weight excluding hydrogens is 426 g/mol. The molecule has 0 unspecified atom stereocenters. The first-order valence-corrected chi connectivity index (χ1v) is 10.6. The Bertz CT molecular complexity index is 1350. The molecule has 0 spiro atoms.